The largest absolute Gasteiger partial charge is 0.266 e. The van der Waals surface area contributed by atoms with E-state index in [2.05, 4.69) is 15.2 Å². The third-order valence-electron chi connectivity index (χ3n) is 2.59. The van der Waals surface area contributed by atoms with Crippen molar-refractivity contribution in [2.75, 3.05) is 0 Å². The van der Waals surface area contributed by atoms with Crippen molar-refractivity contribution in [2.24, 2.45) is 7.05 Å². The van der Waals surface area contributed by atoms with Gasteiger partial charge in [-0.3, -0.25) is 4.68 Å². The summed E-state index contributed by atoms with van der Waals surface area (Å²) in [5.74, 6) is 0. The Morgan fingerprint density at radius 2 is 2.12 bits per heavy atom. The number of nitrogens with zero attached hydrogens (tertiary/aromatic N) is 5. The van der Waals surface area contributed by atoms with Crippen LogP contribution in [0.1, 0.15) is 5.69 Å². The lowest BCUT2D eigenvalue weighted by atomic mass is 10.3. The molecule has 0 saturated heterocycles. The van der Waals surface area contributed by atoms with Gasteiger partial charge >= 0.3 is 0 Å². The molecule has 6 heteroatoms. The molecule has 0 aliphatic rings. The highest BCUT2D eigenvalue weighted by Crippen LogP contribution is 2.21. The van der Waals surface area contributed by atoms with Gasteiger partial charge in [-0.15, -0.1) is 0 Å². The Labute approximate surface area is 103 Å². The average Bonchev–Trinajstić information content (AvgIpc) is 2.83. The fraction of sp³-hybridized carbons (Fsp3) is 0.182. The minimum atomic E-state index is 0.541. The van der Waals surface area contributed by atoms with Crippen LogP contribution in [0.15, 0.2) is 24.4 Å². The number of rotatable bonds is 1. The Balaban J connectivity index is 2.28. The summed E-state index contributed by atoms with van der Waals surface area (Å²) in [7, 11) is 1.87. The van der Waals surface area contributed by atoms with E-state index in [1.807, 2.05) is 26.1 Å². The number of aryl methyl sites for hydroxylation is 2. The van der Waals surface area contributed by atoms with E-state index < -0.39 is 0 Å². The van der Waals surface area contributed by atoms with Gasteiger partial charge in [0, 0.05) is 25.4 Å². The van der Waals surface area contributed by atoms with Crippen molar-refractivity contribution in [1.82, 2.24) is 24.4 Å². The second-order valence-corrected chi connectivity index (χ2v) is 4.25. The third-order valence-corrected chi connectivity index (χ3v) is 2.86. The van der Waals surface area contributed by atoms with Gasteiger partial charge in [-0.1, -0.05) is 11.6 Å². The summed E-state index contributed by atoms with van der Waals surface area (Å²) in [5.41, 5.74) is 3.35. The Hall–Kier alpha value is -1.88. The molecular formula is C11H10ClN5. The van der Waals surface area contributed by atoms with E-state index in [1.54, 1.807) is 21.5 Å². The molecule has 3 heterocycles. The lowest BCUT2D eigenvalue weighted by Crippen LogP contribution is -1.98. The first-order chi connectivity index (χ1) is 8.15. The number of halogens is 1. The molecule has 0 fully saturated rings. The van der Waals surface area contributed by atoms with E-state index in [0.717, 1.165) is 22.7 Å². The van der Waals surface area contributed by atoms with Crippen molar-refractivity contribution in [2.45, 2.75) is 6.92 Å². The molecule has 0 amide bonds. The summed E-state index contributed by atoms with van der Waals surface area (Å²) in [6, 6.07) is 5.59. The highest BCUT2D eigenvalue weighted by atomic mass is 35.5. The maximum atomic E-state index is 6.18. The molecule has 3 aromatic rings. The van der Waals surface area contributed by atoms with E-state index in [9.17, 15) is 0 Å². The van der Waals surface area contributed by atoms with Crippen LogP contribution in [-0.4, -0.2) is 24.4 Å². The first-order valence-electron chi connectivity index (χ1n) is 5.16. The number of aromatic nitrogens is 5. The molecule has 0 aliphatic heterocycles. The number of hydrogen-bond donors (Lipinski definition) is 0. The van der Waals surface area contributed by atoms with Crippen molar-refractivity contribution in [3.8, 4) is 11.4 Å². The maximum Gasteiger partial charge on any atom is 0.157 e. The van der Waals surface area contributed by atoms with Gasteiger partial charge in [0.05, 0.1) is 17.1 Å². The highest BCUT2D eigenvalue weighted by molar-refractivity contribution is 6.29. The van der Waals surface area contributed by atoms with Crippen molar-refractivity contribution >= 4 is 17.2 Å². The summed E-state index contributed by atoms with van der Waals surface area (Å²) < 4.78 is 3.38. The molecule has 86 valence electrons. The summed E-state index contributed by atoms with van der Waals surface area (Å²) >= 11 is 6.18. The Morgan fingerprint density at radius 1 is 1.29 bits per heavy atom. The summed E-state index contributed by atoms with van der Waals surface area (Å²) in [5, 5.41) is 8.92. The molecule has 17 heavy (non-hydrogen) atoms. The van der Waals surface area contributed by atoms with Crippen LogP contribution in [0.25, 0.3) is 17.0 Å². The Morgan fingerprint density at radius 3 is 2.82 bits per heavy atom. The molecule has 3 rings (SSSR count). The second kappa shape index (κ2) is 3.56. The quantitative estimate of drug-likeness (QED) is 0.619. The van der Waals surface area contributed by atoms with E-state index in [-0.39, 0.29) is 0 Å². The van der Waals surface area contributed by atoms with Crippen LogP contribution in [0.5, 0.6) is 0 Å². The van der Waals surface area contributed by atoms with Crippen molar-refractivity contribution in [1.29, 1.82) is 0 Å². The standard InChI is InChI=1S/C11H10ClN5/c1-7-5-11-14-8(6-10(12)17(11)15-7)9-3-4-13-16(9)2/h3-6H,1-2H3. The second-order valence-electron chi connectivity index (χ2n) is 3.86. The van der Waals surface area contributed by atoms with E-state index >= 15 is 0 Å². The minimum absolute atomic E-state index is 0.541. The van der Waals surface area contributed by atoms with E-state index in [4.69, 9.17) is 11.6 Å². The van der Waals surface area contributed by atoms with Crippen LogP contribution < -0.4 is 0 Å². The molecular weight excluding hydrogens is 238 g/mol. The molecule has 0 N–H and O–H groups in total. The van der Waals surface area contributed by atoms with Crippen LogP contribution in [0.4, 0.5) is 0 Å². The van der Waals surface area contributed by atoms with Gasteiger partial charge in [0.1, 0.15) is 5.15 Å². The molecule has 0 saturated carbocycles. The third kappa shape index (κ3) is 1.59. The first kappa shape index (κ1) is 10.3. The maximum absolute atomic E-state index is 6.18. The van der Waals surface area contributed by atoms with Crippen LogP contribution >= 0.6 is 11.6 Å². The Kier molecular flexibility index (Phi) is 2.16. The summed E-state index contributed by atoms with van der Waals surface area (Å²) in [6.07, 6.45) is 1.73. The van der Waals surface area contributed by atoms with Gasteiger partial charge in [-0.2, -0.15) is 10.2 Å². The molecule has 0 bridgehead atoms. The predicted octanol–water partition coefficient (Wildman–Crippen LogP) is 2.09. The average molecular weight is 248 g/mol. The van der Waals surface area contributed by atoms with Gasteiger partial charge in [0.2, 0.25) is 0 Å². The normalized spacial score (nSPS) is 11.2. The highest BCUT2D eigenvalue weighted by Gasteiger charge is 2.10. The summed E-state index contributed by atoms with van der Waals surface area (Å²) in [6.45, 7) is 1.91. The van der Waals surface area contributed by atoms with Crippen LogP contribution in [0.2, 0.25) is 5.15 Å². The van der Waals surface area contributed by atoms with E-state index in [0.29, 0.717) is 5.15 Å². The zero-order chi connectivity index (χ0) is 12.0. The van der Waals surface area contributed by atoms with Gasteiger partial charge < -0.3 is 0 Å². The molecule has 0 radical (unpaired) electrons. The van der Waals surface area contributed by atoms with Gasteiger partial charge in [0.25, 0.3) is 0 Å². The summed E-state index contributed by atoms with van der Waals surface area (Å²) in [4.78, 5) is 4.52. The molecule has 0 aliphatic carbocycles. The van der Waals surface area contributed by atoms with Crippen molar-refractivity contribution in [3.05, 3.63) is 35.2 Å². The lowest BCUT2D eigenvalue weighted by Gasteiger charge is -2.03. The Bertz CT molecular complexity index is 697. The number of hydrogen-bond acceptors (Lipinski definition) is 3. The molecule has 3 aromatic heterocycles. The fourth-order valence-electron chi connectivity index (χ4n) is 1.81. The van der Waals surface area contributed by atoms with Gasteiger partial charge in [0.15, 0.2) is 5.65 Å². The molecule has 5 nitrogen and oxygen atoms in total. The molecule has 0 aromatic carbocycles. The first-order valence-corrected chi connectivity index (χ1v) is 5.54. The monoisotopic (exact) mass is 247 g/mol. The minimum Gasteiger partial charge on any atom is -0.266 e. The topological polar surface area (TPSA) is 48.0 Å². The van der Waals surface area contributed by atoms with Crippen molar-refractivity contribution in [3.63, 3.8) is 0 Å². The smallest absolute Gasteiger partial charge is 0.157 e. The fourth-order valence-corrected chi connectivity index (χ4v) is 2.04. The lowest BCUT2D eigenvalue weighted by molar-refractivity contribution is 0.772. The molecule has 0 unspecified atom stereocenters. The number of fused-ring (bicyclic) bond motifs is 1. The molecule has 0 atom stereocenters. The predicted molar refractivity (Wildman–Crippen MR) is 64.9 cm³/mol. The van der Waals surface area contributed by atoms with Crippen LogP contribution in [-0.2, 0) is 7.05 Å². The van der Waals surface area contributed by atoms with Crippen LogP contribution in [0.3, 0.4) is 0 Å². The van der Waals surface area contributed by atoms with Crippen LogP contribution in [0, 0.1) is 6.92 Å². The van der Waals surface area contributed by atoms with Gasteiger partial charge in [-0.25, -0.2) is 9.50 Å². The zero-order valence-electron chi connectivity index (χ0n) is 9.42. The zero-order valence-corrected chi connectivity index (χ0v) is 10.2. The van der Waals surface area contributed by atoms with Gasteiger partial charge in [-0.05, 0) is 13.0 Å². The SMILES string of the molecule is Cc1cc2nc(-c3ccnn3C)cc(Cl)n2n1. The van der Waals surface area contributed by atoms with Crippen molar-refractivity contribution < 1.29 is 0 Å². The molecule has 0 spiro atoms. The van der Waals surface area contributed by atoms with E-state index in [1.165, 1.54) is 0 Å².